The quantitative estimate of drug-likeness (QED) is 0.273. The third-order valence-electron chi connectivity index (χ3n) is 7.87. The molecule has 6 aromatic rings. The first-order valence-corrected chi connectivity index (χ1v) is 15.4. The maximum Gasteiger partial charge on any atom is 0.184 e. The number of hydrogen-bond donors (Lipinski definition) is 0. The van der Waals surface area contributed by atoms with Crippen molar-refractivity contribution in [1.29, 1.82) is 5.26 Å². The molecule has 0 saturated carbocycles. The van der Waals surface area contributed by atoms with Gasteiger partial charge in [-0.3, -0.25) is 4.98 Å². The summed E-state index contributed by atoms with van der Waals surface area (Å²) >= 11 is 0. The van der Waals surface area contributed by atoms with Crippen LogP contribution < -0.4 is 25.6 Å². The summed E-state index contributed by atoms with van der Waals surface area (Å²) in [6.45, 7) is 0. The van der Waals surface area contributed by atoms with E-state index in [9.17, 15) is 5.26 Å². The van der Waals surface area contributed by atoms with Gasteiger partial charge in [-0.1, -0.05) is 109 Å². The van der Waals surface area contributed by atoms with Crippen molar-refractivity contribution in [2.75, 3.05) is 4.90 Å². The second-order valence-electron chi connectivity index (χ2n) is 9.94. The summed E-state index contributed by atoms with van der Waals surface area (Å²) in [5.41, 5.74) is 5.84. The van der Waals surface area contributed by atoms with Crippen molar-refractivity contribution in [2.45, 2.75) is 0 Å². The fourth-order valence-corrected chi connectivity index (χ4v) is 11.3. The van der Waals surface area contributed by atoms with Crippen molar-refractivity contribution in [2.24, 2.45) is 0 Å². The Bertz CT molecular complexity index is 1790. The third-order valence-corrected chi connectivity index (χ3v) is 12.7. The Hall–Kier alpha value is -5.24. The summed E-state index contributed by atoms with van der Waals surface area (Å²) in [5, 5.41) is 15.2. The molecule has 1 aliphatic rings. The highest BCUT2D eigenvalue weighted by Gasteiger charge is 2.48. The van der Waals surface area contributed by atoms with Gasteiger partial charge in [0, 0.05) is 35.0 Å². The Balaban J connectivity index is 1.53. The Morgan fingerprint density at radius 1 is 0.600 bits per heavy atom. The summed E-state index contributed by atoms with van der Waals surface area (Å²) < 4.78 is 0. The molecule has 0 unspecified atom stereocenters. The summed E-state index contributed by atoms with van der Waals surface area (Å²) in [5.74, 6) is 0. The second kappa shape index (κ2) is 9.81. The Morgan fingerprint density at radius 2 is 1.18 bits per heavy atom. The lowest BCUT2D eigenvalue weighted by atomic mass is 10.0. The lowest BCUT2D eigenvalue weighted by molar-refractivity contribution is 1.28. The molecule has 0 fully saturated rings. The summed E-state index contributed by atoms with van der Waals surface area (Å²) in [6.07, 6.45) is 3.44. The van der Waals surface area contributed by atoms with Crippen molar-refractivity contribution in [3.8, 4) is 17.2 Å². The third kappa shape index (κ3) is 3.60. The van der Waals surface area contributed by atoms with Gasteiger partial charge in [0.05, 0.1) is 11.6 Å². The first-order chi connectivity index (χ1) is 19.8. The molecule has 5 aromatic carbocycles. The van der Waals surface area contributed by atoms with E-state index in [4.69, 9.17) is 0 Å². The van der Waals surface area contributed by atoms with E-state index in [1.54, 1.807) is 18.5 Å². The standard InChI is InChI=1S/C36H25N3Si/c37-25-28-22-23-38-26-32(28)27-12-11-13-29(24-27)39-33-18-7-9-20-35(33)40(30-14-3-1-4-15-30,31-16-5-2-6-17-31)36-21-10-8-19-34(36)39/h1-24,26H. The molecular formula is C36H25N3Si. The molecule has 40 heavy (non-hydrogen) atoms. The highest BCUT2D eigenvalue weighted by atomic mass is 28.3. The van der Waals surface area contributed by atoms with Crippen LogP contribution in [0, 0.1) is 11.3 Å². The molecule has 0 bridgehead atoms. The van der Waals surface area contributed by atoms with Gasteiger partial charge in [0.2, 0.25) is 0 Å². The van der Waals surface area contributed by atoms with Crippen molar-refractivity contribution in [3.05, 3.63) is 157 Å². The van der Waals surface area contributed by atoms with E-state index in [1.807, 2.05) is 0 Å². The molecule has 0 spiro atoms. The number of aromatic nitrogens is 1. The van der Waals surface area contributed by atoms with Gasteiger partial charge in [-0.2, -0.15) is 5.26 Å². The molecule has 0 radical (unpaired) electrons. The number of anilines is 3. The van der Waals surface area contributed by atoms with Crippen molar-refractivity contribution in [3.63, 3.8) is 0 Å². The van der Waals surface area contributed by atoms with Crippen LogP contribution in [0.15, 0.2) is 152 Å². The number of nitriles is 1. The van der Waals surface area contributed by atoms with Crippen molar-refractivity contribution < 1.29 is 0 Å². The first kappa shape index (κ1) is 23.8. The molecule has 4 heteroatoms. The number of hydrogen-bond acceptors (Lipinski definition) is 3. The summed E-state index contributed by atoms with van der Waals surface area (Å²) in [6, 6.07) is 52.3. The number of fused-ring (bicyclic) bond motifs is 2. The van der Waals surface area contributed by atoms with Gasteiger partial charge in [0.25, 0.3) is 0 Å². The van der Waals surface area contributed by atoms with Crippen LogP contribution in [-0.2, 0) is 0 Å². The van der Waals surface area contributed by atoms with E-state index in [0.29, 0.717) is 5.56 Å². The Morgan fingerprint density at radius 3 is 1.77 bits per heavy atom. The van der Waals surface area contributed by atoms with Crippen LogP contribution in [0.4, 0.5) is 17.1 Å². The van der Waals surface area contributed by atoms with Gasteiger partial charge in [-0.15, -0.1) is 0 Å². The minimum atomic E-state index is -2.64. The minimum Gasteiger partial charge on any atom is -0.311 e. The van der Waals surface area contributed by atoms with Gasteiger partial charge in [-0.05, 0) is 56.6 Å². The Kier molecular flexibility index (Phi) is 5.85. The number of nitrogens with zero attached hydrogens (tertiary/aromatic N) is 3. The molecule has 188 valence electrons. The smallest absolute Gasteiger partial charge is 0.184 e. The van der Waals surface area contributed by atoms with Gasteiger partial charge in [0.1, 0.15) is 0 Å². The van der Waals surface area contributed by atoms with Crippen LogP contribution in [0.2, 0.25) is 0 Å². The molecule has 7 rings (SSSR count). The fraction of sp³-hybridized carbons (Fsp3) is 0. The second-order valence-corrected chi connectivity index (χ2v) is 13.7. The van der Waals surface area contributed by atoms with E-state index < -0.39 is 8.07 Å². The van der Waals surface area contributed by atoms with Gasteiger partial charge in [-0.25, -0.2) is 0 Å². The average molecular weight is 528 g/mol. The minimum absolute atomic E-state index is 0.617. The van der Waals surface area contributed by atoms with E-state index in [2.05, 4.69) is 149 Å². The van der Waals surface area contributed by atoms with Gasteiger partial charge < -0.3 is 4.90 Å². The zero-order chi connectivity index (χ0) is 26.9. The zero-order valence-corrected chi connectivity index (χ0v) is 22.8. The summed E-state index contributed by atoms with van der Waals surface area (Å²) in [4.78, 5) is 6.69. The fourth-order valence-electron chi connectivity index (χ4n) is 6.22. The maximum absolute atomic E-state index is 9.75. The molecule has 1 aromatic heterocycles. The lowest BCUT2D eigenvalue weighted by Gasteiger charge is -2.45. The van der Waals surface area contributed by atoms with Gasteiger partial charge in [0.15, 0.2) is 8.07 Å². The van der Waals surface area contributed by atoms with Crippen LogP contribution in [0.3, 0.4) is 0 Å². The van der Waals surface area contributed by atoms with Crippen LogP contribution in [-0.4, -0.2) is 13.1 Å². The van der Waals surface area contributed by atoms with Crippen LogP contribution in [0.1, 0.15) is 5.56 Å². The first-order valence-electron chi connectivity index (χ1n) is 13.4. The number of rotatable bonds is 4. The highest BCUT2D eigenvalue weighted by Crippen LogP contribution is 2.39. The van der Waals surface area contributed by atoms with Gasteiger partial charge >= 0.3 is 0 Å². The number of pyridine rings is 1. The highest BCUT2D eigenvalue weighted by molar-refractivity contribution is 7.21. The maximum atomic E-state index is 9.75. The summed E-state index contributed by atoms with van der Waals surface area (Å²) in [7, 11) is -2.64. The van der Waals surface area contributed by atoms with Crippen LogP contribution in [0.25, 0.3) is 11.1 Å². The predicted molar refractivity (Wildman–Crippen MR) is 166 cm³/mol. The number of para-hydroxylation sites is 2. The number of benzene rings is 5. The monoisotopic (exact) mass is 527 g/mol. The molecule has 0 N–H and O–H groups in total. The molecule has 0 aliphatic carbocycles. The topological polar surface area (TPSA) is 39.9 Å². The molecule has 3 nitrogen and oxygen atoms in total. The molecule has 2 heterocycles. The van der Waals surface area contributed by atoms with E-state index in [1.165, 1.54) is 32.1 Å². The SMILES string of the molecule is N#Cc1ccncc1-c1cccc(N2c3ccccc3[Si](c3ccccc3)(c3ccccc3)c3ccccc32)c1. The largest absolute Gasteiger partial charge is 0.311 e. The average Bonchev–Trinajstić information content (AvgIpc) is 3.04. The Labute approximate surface area is 235 Å². The van der Waals surface area contributed by atoms with Crippen LogP contribution in [0.5, 0.6) is 0 Å². The van der Waals surface area contributed by atoms with Crippen molar-refractivity contribution >= 4 is 45.9 Å². The van der Waals surface area contributed by atoms with Crippen molar-refractivity contribution in [1.82, 2.24) is 4.98 Å². The molecule has 1 aliphatic heterocycles. The zero-order valence-electron chi connectivity index (χ0n) is 21.8. The predicted octanol–water partition coefficient (Wildman–Crippen LogP) is 5.78. The normalized spacial score (nSPS) is 13.1. The molecule has 0 saturated heterocycles. The molecular weight excluding hydrogens is 503 g/mol. The lowest BCUT2D eigenvalue weighted by Crippen LogP contribution is -2.77. The van der Waals surface area contributed by atoms with E-state index >= 15 is 0 Å². The van der Waals surface area contributed by atoms with E-state index in [0.717, 1.165) is 16.8 Å². The molecule has 0 atom stereocenters. The van der Waals surface area contributed by atoms with E-state index in [-0.39, 0.29) is 0 Å². The van der Waals surface area contributed by atoms with Crippen LogP contribution >= 0.6 is 0 Å². The molecule has 0 amide bonds.